The summed E-state index contributed by atoms with van der Waals surface area (Å²) in [4.78, 5) is 11.3. The fourth-order valence-electron chi connectivity index (χ4n) is 3.72. The van der Waals surface area contributed by atoms with Gasteiger partial charge in [-0.2, -0.15) is 0 Å². The van der Waals surface area contributed by atoms with Gasteiger partial charge in [0.1, 0.15) is 6.10 Å². The second-order valence-electron chi connectivity index (χ2n) is 7.32. The normalized spacial score (nSPS) is 22.7. The molecule has 2 saturated heterocycles. The molecule has 3 rings (SSSR count). The van der Waals surface area contributed by atoms with E-state index in [9.17, 15) is 5.11 Å². The highest BCUT2D eigenvalue weighted by molar-refractivity contribution is 5.52. The molecule has 0 amide bonds. The first-order chi connectivity index (χ1) is 12.2. The van der Waals surface area contributed by atoms with E-state index in [0.29, 0.717) is 0 Å². The molecule has 0 aliphatic carbocycles. The lowest BCUT2D eigenvalue weighted by Gasteiger charge is -2.24. The molecular formula is C19H32N4O2. The number of nitrogens with zero attached hydrogens (tertiary/aromatic N) is 4. The maximum atomic E-state index is 10.2. The molecule has 2 aliphatic heterocycles. The summed E-state index contributed by atoms with van der Waals surface area (Å²) in [5.41, 5.74) is 0. The van der Waals surface area contributed by atoms with Gasteiger partial charge in [-0.3, -0.25) is 4.90 Å². The van der Waals surface area contributed by atoms with Crippen molar-refractivity contribution in [2.75, 3.05) is 57.8 Å². The van der Waals surface area contributed by atoms with Crippen molar-refractivity contribution in [3.63, 3.8) is 0 Å². The predicted molar refractivity (Wildman–Crippen MR) is 100 cm³/mol. The number of β-amino-alcohol motifs (C(OH)–C–C–N with tert-alkyl or cyclic N) is 1. The van der Waals surface area contributed by atoms with Gasteiger partial charge in [0.2, 0.25) is 0 Å². The van der Waals surface area contributed by atoms with Gasteiger partial charge in [-0.05, 0) is 45.0 Å². The molecule has 2 aliphatic rings. The van der Waals surface area contributed by atoms with Gasteiger partial charge in [-0.15, -0.1) is 0 Å². The summed E-state index contributed by atoms with van der Waals surface area (Å²) in [7, 11) is 2.04. The van der Waals surface area contributed by atoms with Gasteiger partial charge >= 0.3 is 0 Å². The van der Waals surface area contributed by atoms with Crippen LogP contribution in [-0.4, -0.2) is 85.0 Å². The minimum atomic E-state index is -0.303. The zero-order chi connectivity index (χ0) is 17.6. The van der Waals surface area contributed by atoms with E-state index in [-0.39, 0.29) is 12.2 Å². The highest BCUT2D eigenvalue weighted by atomic mass is 16.5. The van der Waals surface area contributed by atoms with Crippen molar-refractivity contribution in [1.29, 1.82) is 0 Å². The number of pyridine rings is 1. The molecule has 1 aromatic heterocycles. The molecule has 0 saturated carbocycles. The molecule has 6 heteroatoms. The lowest BCUT2D eigenvalue weighted by Crippen LogP contribution is -2.38. The quantitative estimate of drug-likeness (QED) is 0.767. The molecule has 2 atom stereocenters. The van der Waals surface area contributed by atoms with E-state index in [4.69, 9.17) is 4.74 Å². The molecule has 1 N–H and O–H groups in total. The van der Waals surface area contributed by atoms with Crippen LogP contribution < -0.4 is 9.64 Å². The Hall–Kier alpha value is -1.37. The first-order valence-electron chi connectivity index (χ1n) is 9.61. The van der Waals surface area contributed by atoms with Gasteiger partial charge in [0, 0.05) is 45.5 Å². The van der Waals surface area contributed by atoms with Crippen molar-refractivity contribution in [2.24, 2.45) is 0 Å². The van der Waals surface area contributed by atoms with Gasteiger partial charge in [-0.1, -0.05) is 6.92 Å². The van der Waals surface area contributed by atoms with Crippen molar-refractivity contribution in [3.05, 3.63) is 18.3 Å². The van der Waals surface area contributed by atoms with E-state index in [1.54, 1.807) is 0 Å². The second kappa shape index (κ2) is 8.83. The Morgan fingerprint density at radius 1 is 1.36 bits per heavy atom. The number of aromatic nitrogens is 1. The average Bonchev–Trinajstić information content (AvgIpc) is 3.27. The number of hydrogen-bond donors (Lipinski definition) is 1. The molecule has 3 heterocycles. The maximum absolute atomic E-state index is 10.2. The van der Waals surface area contributed by atoms with E-state index in [2.05, 4.69) is 26.6 Å². The Bertz CT molecular complexity index is 536. The zero-order valence-corrected chi connectivity index (χ0v) is 15.6. The number of likely N-dealkylation sites (tertiary alicyclic amines) is 1. The number of aliphatic hydroxyl groups is 1. The number of anilines is 1. The molecule has 0 unspecified atom stereocenters. The van der Waals surface area contributed by atoms with Gasteiger partial charge in [0.15, 0.2) is 11.6 Å². The first kappa shape index (κ1) is 18.4. The van der Waals surface area contributed by atoms with Gasteiger partial charge in [0.25, 0.3) is 0 Å². The Morgan fingerprint density at radius 2 is 2.16 bits per heavy atom. The van der Waals surface area contributed by atoms with Crippen molar-refractivity contribution in [2.45, 2.75) is 38.4 Å². The summed E-state index contributed by atoms with van der Waals surface area (Å²) < 4.78 is 6.30. The Kier molecular flexibility index (Phi) is 6.51. The summed E-state index contributed by atoms with van der Waals surface area (Å²) in [6, 6.07) is 3.99. The molecule has 25 heavy (non-hydrogen) atoms. The number of hydrogen-bond acceptors (Lipinski definition) is 6. The van der Waals surface area contributed by atoms with Crippen LogP contribution in [0.5, 0.6) is 5.75 Å². The molecule has 0 radical (unpaired) electrons. The Morgan fingerprint density at radius 3 is 2.92 bits per heavy atom. The molecular weight excluding hydrogens is 316 g/mol. The van der Waals surface area contributed by atoms with E-state index in [0.717, 1.165) is 63.8 Å². The topological polar surface area (TPSA) is 52.1 Å². The van der Waals surface area contributed by atoms with Crippen molar-refractivity contribution >= 4 is 5.82 Å². The van der Waals surface area contributed by atoms with Crippen molar-refractivity contribution in [1.82, 2.24) is 14.8 Å². The average molecular weight is 348 g/mol. The number of ether oxygens (including phenoxy) is 1. The molecule has 6 nitrogen and oxygen atoms in total. The van der Waals surface area contributed by atoms with Crippen LogP contribution in [0.25, 0.3) is 0 Å². The van der Waals surface area contributed by atoms with Crippen LogP contribution in [0.1, 0.15) is 26.2 Å². The summed E-state index contributed by atoms with van der Waals surface area (Å²) in [5, 5.41) is 10.2. The molecule has 0 bridgehead atoms. The largest absolute Gasteiger partial charge is 0.485 e. The van der Waals surface area contributed by atoms with E-state index in [1.807, 2.05) is 25.4 Å². The van der Waals surface area contributed by atoms with Crippen LogP contribution in [-0.2, 0) is 0 Å². The number of rotatable bonds is 8. The van der Waals surface area contributed by atoms with Crippen molar-refractivity contribution in [3.8, 4) is 5.75 Å². The molecule has 2 fully saturated rings. The summed E-state index contributed by atoms with van der Waals surface area (Å²) in [5.74, 6) is 1.89. The lowest BCUT2D eigenvalue weighted by molar-refractivity contribution is 0.0873. The van der Waals surface area contributed by atoms with E-state index >= 15 is 0 Å². The highest BCUT2D eigenvalue weighted by Crippen LogP contribution is 2.30. The SMILES string of the molecule is CCN(C)C[C@H](O)CN1CC[C@H](Oc2cccnc2N2CCCC2)C1. The van der Waals surface area contributed by atoms with Crippen LogP contribution in [0, 0.1) is 0 Å². The third kappa shape index (κ3) is 5.06. The lowest BCUT2D eigenvalue weighted by atomic mass is 10.3. The van der Waals surface area contributed by atoms with E-state index < -0.39 is 0 Å². The first-order valence-corrected chi connectivity index (χ1v) is 9.61. The summed E-state index contributed by atoms with van der Waals surface area (Å²) in [6.45, 7) is 8.51. The summed E-state index contributed by atoms with van der Waals surface area (Å²) >= 11 is 0. The van der Waals surface area contributed by atoms with Crippen molar-refractivity contribution < 1.29 is 9.84 Å². The van der Waals surface area contributed by atoms with Crippen LogP contribution in [0.3, 0.4) is 0 Å². The third-order valence-electron chi connectivity index (χ3n) is 5.21. The maximum Gasteiger partial charge on any atom is 0.171 e. The smallest absolute Gasteiger partial charge is 0.171 e. The molecule has 140 valence electrons. The number of aliphatic hydroxyl groups excluding tert-OH is 1. The van der Waals surface area contributed by atoms with Crippen LogP contribution in [0.15, 0.2) is 18.3 Å². The monoisotopic (exact) mass is 348 g/mol. The standard InChI is InChI=1S/C19H32N4O2/c1-3-21(2)13-16(24)14-22-12-8-17(15-22)25-18-7-6-9-20-19(18)23-10-4-5-11-23/h6-7,9,16-17,24H,3-5,8,10-15H2,1-2H3/t16-,17-/m0/s1. The zero-order valence-electron chi connectivity index (χ0n) is 15.6. The van der Waals surface area contributed by atoms with E-state index in [1.165, 1.54) is 12.8 Å². The van der Waals surface area contributed by atoms with Gasteiger partial charge in [-0.25, -0.2) is 4.98 Å². The van der Waals surface area contributed by atoms with Crippen LogP contribution >= 0.6 is 0 Å². The fourth-order valence-corrected chi connectivity index (χ4v) is 3.72. The summed E-state index contributed by atoms with van der Waals surface area (Å²) in [6.07, 6.45) is 5.20. The number of likely N-dealkylation sites (N-methyl/N-ethyl adjacent to an activating group) is 1. The van der Waals surface area contributed by atoms with Gasteiger partial charge < -0.3 is 19.6 Å². The predicted octanol–water partition coefficient (Wildman–Crippen LogP) is 1.45. The van der Waals surface area contributed by atoms with Crippen LogP contribution in [0.4, 0.5) is 5.82 Å². The molecule has 1 aromatic rings. The molecule has 0 aromatic carbocycles. The third-order valence-corrected chi connectivity index (χ3v) is 5.21. The minimum absolute atomic E-state index is 0.182. The van der Waals surface area contributed by atoms with Gasteiger partial charge in [0.05, 0.1) is 6.10 Å². The van der Waals surface area contributed by atoms with Crippen LogP contribution in [0.2, 0.25) is 0 Å². The Balaban J connectivity index is 1.52. The fraction of sp³-hybridized carbons (Fsp3) is 0.737. The highest BCUT2D eigenvalue weighted by Gasteiger charge is 2.27. The molecule has 0 spiro atoms. The second-order valence-corrected chi connectivity index (χ2v) is 7.32. The minimum Gasteiger partial charge on any atom is -0.485 e. The Labute approximate surface area is 151 Å².